The fraction of sp³-hybridized carbons (Fsp3) is 0.714. The number of halogens is 1. The lowest BCUT2D eigenvalue weighted by Gasteiger charge is -2.16. The molecule has 0 bridgehead atoms. The second-order valence-electron chi connectivity index (χ2n) is 2.21. The Morgan fingerprint density at radius 1 is 1.56 bits per heavy atom. The molecule has 2 heteroatoms. The van der Waals surface area contributed by atoms with Gasteiger partial charge in [-0.1, -0.05) is 5.92 Å². The predicted molar refractivity (Wildman–Crippen MR) is 43.8 cm³/mol. The molecule has 0 aromatic heterocycles. The van der Waals surface area contributed by atoms with Crippen molar-refractivity contribution in [2.24, 2.45) is 0 Å². The molecule has 0 aromatic carbocycles. The summed E-state index contributed by atoms with van der Waals surface area (Å²) in [6.45, 7) is 4.99. The van der Waals surface area contributed by atoms with Crippen molar-refractivity contribution in [3.05, 3.63) is 0 Å². The topological polar surface area (TPSA) is 3.24 Å². The van der Waals surface area contributed by atoms with E-state index in [4.69, 9.17) is 6.42 Å². The van der Waals surface area contributed by atoms with Crippen molar-refractivity contribution in [1.29, 1.82) is 0 Å². The summed E-state index contributed by atoms with van der Waals surface area (Å²) in [6, 6.07) is 0.561. The highest BCUT2D eigenvalue weighted by Gasteiger charge is 1.97. The van der Waals surface area contributed by atoms with Gasteiger partial charge >= 0.3 is 0 Å². The van der Waals surface area contributed by atoms with Crippen LogP contribution in [0, 0.1) is 12.3 Å². The molecule has 0 fully saturated rings. The van der Waals surface area contributed by atoms with Gasteiger partial charge in [0.15, 0.2) is 0 Å². The Morgan fingerprint density at radius 2 is 2.00 bits per heavy atom. The molecular formula is C7H14ClN. The first-order valence-electron chi connectivity index (χ1n) is 2.82. The van der Waals surface area contributed by atoms with E-state index in [-0.39, 0.29) is 12.4 Å². The Labute approximate surface area is 63.8 Å². The van der Waals surface area contributed by atoms with Crippen LogP contribution in [0.5, 0.6) is 0 Å². The smallest absolute Gasteiger partial charge is 0.0598 e. The van der Waals surface area contributed by atoms with Gasteiger partial charge in [0.1, 0.15) is 0 Å². The van der Waals surface area contributed by atoms with Crippen LogP contribution in [0.4, 0.5) is 0 Å². The first kappa shape index (κ1) is 11.6. The minimum Gasteiger partial charge on any atom is -0.293 e. The molecule has 0 rings (SSSR count). The van der Waals surface area contributed by atoms with Crippen molar-refractivity contribution >= 4 is 12.4 Å². The zero-order valence-corrected chi connectivity index (χ0v) is 7.03. The van der Waals surface area contributed by atoms with E-state index >= 15 is 0 Å². The molecule has 0 aliphatic heterocycles. The quantitative estimate of drug-likeness (QED) is 0.534. The van der Waals surface area contributed by atoms with Gasteiger partial charge in [0.25, 0.3) is 0 Å². The maximum Gasteiger partial charge on any atom is 0.0598 e. The van der Waals surface area contributed by atoms with Crippen LogP contribution in [-0.4, -0.2) is 24.5 Å². The van der Waals surface area contributed by atoms with Gasteiger partial charge in [0, 0.05) is 6.04 Å². The second kappa shape index (κ2) is 5.94. The Morgan fingerprint density at radius 3 is 2.11 bits per heavy atom. The summed E-state index contributed by atoms with van der Waals surface area (Å²) >= 11 is 0. The van der Waals surface area contributed by atoms with Crippen LogP contribution in [0.3, 0.4) is 0 Å². The fourth-order valence-electron chi connectivity index (χ4n) is 0.327. The molecule has 9 heavy (non-hydrogen) atoms. The van der Waals surface area contributed by atoms with E-state index in [1.165, 1.54) is 0 Å². The first-order chi connectivity index (χ1) is 3.68. The third kappa shape index (κ3) is 5.68. The predicted octanol–water partition coefficient (Wildman–Crippen LogP) is 1.38. The molecule has 0 atom stereocenters. The Balaban J connectivity index is 0. The van der Waals surface area contributed by atoms with Crippen molar-refractivity contribution in [2.45, 2.75) is 19.9 Å². The Kier molecular flexibility index (Phi) is 7.65. The number of nitrogens with zero attached hydrogens (tertiary/aromatic N) is 1. The van der Waals surface area contributed by atoms with E-state index in [9.17, 15) is 0 Å². The van der Waals surface area contributed by atoms with Crippen LogP contribution in [0.1, 0.15) is 13.8 Å². The van der Waals surface area contributed by atoms with E-state index in [1.54, 1.807) is 0 Å². The summed E-state index contributed by atoms with van der Waals surface area (Å²) < 4.78 is 0. The van der Waals surface area contributed by atoms with Crippen LogP contribution >= 0.6 is 12.4 Å². The summed E-state index contributed by atoms with van der Waals surface area (Å²) in [5.74, 6) is 2.57. The van der Waals surface area contributed by atoms with Crippen molar-refractivity contribution in [2.75, 3.05) is 13.6 Å². The monoisotopic (exact) mass is 147 g/mol. The normalized spacial score (nSPS) is 8.89. The first-order valence-corrected chi connectivity index (χ1v) is 2.82. The highest BCUT2D eigenvalue weighted by molar-refractivity contribution is 5.85. The average Bonchev–Trinajstić information content (AvgIpc) is 1.67. The van der Waals surface area contributed by atoms with Gasteiger partial charge in [-0.2, -0.15) is 0 Å². The maximum absolute atomic E-state index is 5.08. The van der Waals surface area contributed by atoms with Crippen LogP contribution < -0.4 is 0 Å². The minimum absolute atomic E-state index is 0. The highest BCUT2D eigenvalue weighted by Crippen LogP contribution is 1.89. The van der Waals surface area contributed by atoms with E-state index in [1.807, 2.05) is 7.05 Å². The minimum atomic E-state index is 0. The molecule has 0 aromatic rings. The zero-order chi connectivity index (χ0) is 6.57. The molecule has 0 amide bonds. The van der Waals surface area contributed by atoms with E-state index < -0.39 is 0 Å². The summed E-state index contributed by atoms with van der Waals surface area (Å²) in [7, 11) is 2.02. The molecule has 0 N–H and O–H groups in total. The molecule has 0 heterocycles. The lowest BCUT2D eigenvalue weighted by atomic mass is 10.3. The summed E-state index contributed by atoms with van der Waals surface area (Å²) in [5, 5.41) is 0. The largest absolute Gasteiger partial charge is 0.293 e. The number of rotatable bonds is 2. The van der Waals surface area contributed by atoms with Crippen LogP contribution in [-0.2, 0) is 0 Å². The zero-order valence-electron chi connectivity index (χ0n) is 6.22. The molecule has 0 aliphatic carbocycles. The van der Waals surface area contributed by atoms with Crippen molar-refractivity contribution in [3.63, 3.8) is 0 Å². The van der Waals surface area contributed by atoms with Crippen LogP contribution in [0.15, 0.2) is 0 Å². The van der Waals surface area contributed by atoms with E-state index in [0.717, 1.165) is 6.54 Å². The lowest BCUT2D eigenvalue weighted by molar-refractivity contribution is 0.308. The molecule has 0 saturated heterocycles. The third-order valence-corrected chi connectivity index (χ3v) is 1.22. The van der Waals surface area contributed by atoms with Crippen molar-refractivity contribution in [3.8, 4) is 12.3 Å². The molecule has 0 spiro atoms. The average molecular weight is 148 g/mol. The van der Waals surface area contributed by atoms with Crippen LogP contribution in [0.25, 0.3) is 0 Å². The van der Waals surface area contributed by atoms with E-state index in [2.05, 4.69) is 24.7 Å². The molecule has 1 nitrogen and oxygen atoms in total. The van der Waals surface area contributed by atoms with Gasteiger partial charge in [-0.3, -0.25) is 4.90 Å². The fourth-order valence-corrected chi connectivity index (χ4v) is 0.327. The van der Waals surface area contributed by atoms with Gasteiger partial charge in [0.2, 0.25) is 0 Å². The summed E-state index contributed by atoms with van der Waals surface area (Å²) in [6.07, 6.45) is 5.08. The van der Waals surface area contributed by atoms with Crippen molar-refractivity contribution < 1.29 is 0 Å². The van der Waals surface area contributed by atoms with Gasteiger partial charge < -0.3 is 0 Å². The maximum atomic E-state index is 5.08. The molecule has 0 unspecified atom stereocenters. The molecule has 54 valence electrons. The molecule has 0 saturated carbocycles. The second-order valence-corrected chi connectivity index (χ2v) is 2.21. The summed E-state index contributed by atoms with van der Waals surface area (Å²) in [4.78, 5) is 2.11. The van der Waals surface area contributed by atoms with E-state index in [0.29, 0.717) is 6.04 Å². The molecular weight excluding hydrogens is 134 g/mol. The third-order valence-electron chi connectivity index (χ3n) is 1.22. The van der Waals surface area contributed by atoms with Crippen LogP contribution in [0.2, 0.25) is 0 Å². The Bertz CT molecular complexity index is 93.6. The number of terminal acetylenes is 1. The number of hydrogen-bond donors (Lipinski definition) is 0. The standard InChI is InChI=1S/C7H13N.ClH/c1-5-6-8(4)7(2)3;/h1,7H,6H2,2-4H3;1H. The highest BCUT2D eigenvalue weighted by atomic mass is 35.5. The Hall–Kier alpha value is -0.190. The van der Waals surface area contributed by atoms with Gasteiger partial charge in [-0.05, 0) is 20.9 Å². The van der Waals surface area contributed by atoms with Gasteiger partial charge in [-0.25, -0.2) is 0 Å². The van der Waals surface area contributed by atoms with Gasteiger partial charge in [-0.15, -0.1) is 18.8 Å². The molecule has 0 radical (unpaired) electrons. The van der Waals surface area contributed by atoms with Gasteiger partial charge in [0.05, 0.1) is 6.54 Å². The number of hydrogen-bond acceptors (Lipinski definition) is 1. The van der Waals surface area contributed by atoms with Crippen molar-refractivity contribution in [1.82, 2.24) is 4.90 Å². The SMILES string of the molecule is C#CCN(C)C(C)C.Cl. The molecule has 0 aliphatic rings. The summed E-state index contributed by atoms with van der Waals surface area (Å²) in [5.41, 5.74) is 0. The lowest BCUT2D eigenvalue weighted by Crippen LogP contribution is -2.26.